The van der Waals surface area contributed by atoms with E-state index in [1.54, 1.807) is 24.3 Å². The van der Waals surface area contributed by atoms with Gasteiger partial charge in [-0.2, -0.15) is 0 Å². The van der Waals surface area contributed by atoms with Gasteiger partial charge in [0.2, 0.25) is 5.91 Å². The first-order chi connectivity index (χ1) is 22.6. The van der Waals surface area contributed by atoms with Crippen molar-refractivity contribution in [1.82, 2.24) is 4.90 Å². The quantitative estimate of drug-likeness (QED) is 0.333. The highest BCUT2D eigenvalue weighted by atomic mass is 16.5. The molecule has 0 saturated heterocycles. The van der Waals surface area contributed by atoms with Crippen LogP contribution in [0.25, 0.3) is 0 Å². The third kappa shape index (κ3) is 4.61. The predicted octanol–water partition coefficient (Wildman–Crippen LogP) is 7.96. The lowest BCUT2D eigenvalue weighted by atomic mass is 9.50. The van der Waals surface area contributed by atoms with Gasteiger partial charge in [0.15, 0.2) is 0 Å². The van der Waals surface area contributed by atoms with Gasteiger partial charge >= 0.3 is 11.9 Å². The van der Waals surface area contributed by atoms with Crippen LogP contribution < -0.4 is 4.74 Å². The van der Waals surface area contributed by atoms with Crippen molar-refractivity contribution in [3.05, 3.63) is 59.2 Å². The molecule has 0 spiro atoms. The number of rotatable bonds is 6. The van der Waals surface area contributed by atoms with Crippen LogP contribution in [0.3, 0.4) is 0 Å². The SMILES string of the molecule is O=C(O)c1ccc(Oc2ccc3c(c2)CN(C(=O)C2CC4CC5CC(C67CC8CCCC(C(=O)O)(C6)C(C8)C7)(C4)CC5C2)CC3)cc1. The minimum absolute atomic E-state index is 0.0877. The summed E-state index contributed by atoms with van der Waals surface area (Å²) in [5, 5.41) is 19.8. The number of carbonyl (C=O) groups excluding carboxylic acids is 1. The van der Waals surface area contributed by atoms with Crippen molar-refractivity contribution < 1.29 is 29.3 Å². The van der Waals surface area contributed by atoms with Gasteiger partial charge in [-0.05, 0) is 165 Å². The molecule has 7 nitrogen and oxygen atoms in total. The lowest BCUT2D eigenvalue weighted by Gasteiger charge is -2.55. The first kappa shape index (κ1) is 29.8. The molecular weight excluding hydrogens is 590 g/mol. The minimum Gasteiger partial charge on any atom is -0.481 e. The van der Waals surface area contributed by atoms with Crippen LogP contribution in [0.1, 0.15) is 105 Å². The Kier molecular flexibility index (Phi) is 6.70. The summed E-state index contributed by atoms with van der Waals surface area (Å²) in [6, 6.07) is 12.5. The van der Waals surface area contributed by atoms with Crippen LogP contribution in [0.2, 0.25) is 0 Å². The van der Waals surface area contributed by atoms with Gasteiger partial charge in [0.1, 0.15) is 11.5 Å². The molecule has 9 unspecified atom stereocenters. The Balaban J connectivity index is 0.906. The Labute approximate surface area is 277 Å². The van der Waals surface area contributed by atoms with Gasteiger partial charge in [0.25, 0.3) is 0 Å². The van der Waals surface area contributed by atoms with Crippen LogP contribution in [0, 0.1) is 51.8 Å². The molecule has 2 N–H and O–H groups in total. The van der Waals surface area contributed by atoms with Crippen molar-refractivity contribution in [1.29, 1.82) is 0 Å². The summed E-state index contributed by atoms with van der Waals surface area (Å²) in [4.78, 5) is 40.5. The highest BCUT2D eigenvalue weighted by molar-refractivity contribution is 5.87. The van der Waals surface area contributed by atoms with E-state index in [9.17, 15) is 24.6 Å². The molecule has 7 aliphatic rings. The topological polar surface area (TPSA) is 104 Å². The molecular formula is C40H47NO6. The number of carbonyl (C=O) groups is 3. The normalized spacial score (nSPS) is 39.6. The molecule has 0 aromatic heterocycles. The zero-order chi connectivity index (χ0) is 32.1. The fraction of sp³-hybridized carbons (Fsp3) is 0.625. The number of benzene rings is 2. The number of aliphatic carboxylic acids is 1. The summed E-state index contributed by atoms with van der Waals surface area (Å²) in [7, 11) is 0. The molecule has 248 valence electrons. The van der Waals surface area contributed by atoms with Gasteiger partial charge in [-0.3, -0.25) is 9.59 Å². The maximum absolute atomic E-state index is 14.3. The minimum atomic E-state index is -0.963. The van der Waals surface area contributed by atoms with Gasteiger partial charge < -0.3 is 19.8 Å². The van der Waals surface area contributed by atoms with Crippen LogP contribution in [-0.2, 0) is 22.6 Å². The Morgan fingerprint density at radius 1 is 0.787 bits per heavy atom. The molecule has 47 heavy (non-hydrogen) atoms. The van der Waals surface area contributed by atoms with E-state index in [4.69, 9.17) is 4.74 Å². The Morgan fingerprint density at radius 3 is 2.34 bits per heavy atom. The summed E-state index contributed by atoms with van der Waals surface area (Å²) < 4.78 is 6.07. The van der Waals surface area contributed by atoms with Crippen LogP contribution >= 0.6 is 0 Å². The number of hydrogen-bond donors (Lipinski definition) is 2. The molecule has 6 aliphatic carbocycles. The summed E-state index contributed by atoms with van der Waals surface area (Å²) in [6.45, 7) is 1.36. The fourth-order valence-electron chi connectivity index (χ4n) is 13.1. The number of ether oxygens (including phenoxy) is 1. The van der Waals surface area contributed by atoms with Crippen molar-refractivity contribution in [2.24, 2.45) is 51.8 Å². The van der Waals surface area contributed by atoms with E-state index in [-0.39, 0.29) is 16.9 Å². The van der Waals surface area contributed by atoms with Gasteiger partial charge in [0.05, 0.1) is 11.0 Å². The summed E-state index contributed by atoms with van der Waals surface area (Å²) in [6.07, 6.45) is 15.5. The van der Waals surface area contributed by atoms with E-state index in [0.717, 1.165) is 63.5 Å². The van der Waals surface area contributed by atoms with Crippen LogP contribution in [0.5, 0.6) is 11.5 Å². The molecule has 1 heterocycles. The first-order valence-corrected chi connectivity index (χ1v) is 18.3. The van der Waals surface area contributed by atoms with E-state index >= 15 is 0 Å². The molecule has 2 aromatic rings. The first-order valence-electron chi connectivity index (χ1n) is 18.3. The Hall–Kier alpha value is -3.35. The van der Waals surface area contributed by atoms with E-state index in [1.165, 1.54) is 44.1 Å². The number of fused-ring (bicyclic) bond motifs is 6. The van der Waals surface area contributed by atoms with Crippen molar-refractivity contribution in [2.75, 3.05) is 6.54 Å². The number of carboxylic acid groups (broad SMARTS) is 2. The van der Waals surface area contributed by atoms with Gasteiger partial charge in [-0.25, -0.2) is 4.79 Å². The molecule has 1 amide bonds. The fourth-order valence-corrected chi connectivity index (χ4v) is 13.1. The van der Waals surface area contributed by atoms with E-state index in [2.05, 4.69) is 11.0 Å². The largest absolute Gasteiger partial charge is 0.481 e. The predicted molar refractivity (Wildman–Crippen MR) is 175 cm³/mol. The van der Waals surface area contributed by atoms with Crippen LogP contribution in [-0.4, -0.2) is 39.5 Å². The Morgan fingerprint density at radius 2 is 1.55 bits per heavy atom. The molecule has 0 radical (unpaired) electrons. The smallest absolute Gasteiger partial charge is 0.335 e. The van der Waals surface area contributed by atoms with Crippen molar-refractivity contribution in [2.45, 2.75) is 96.4 Å². The van der Waals surface area contributed by atoms with Crippen LogP contribution in [0.15, 0.2) is 42.5 Å². The lowest BCUT2D eigenvalue weighted by molar-refractivity contribution is -0.152. The average molecular weight is 638 g/mol. The van der Waals surface area contributed by atoms with E-state index in [1.807, 2.05) is 12.1 Å². The van der Waals surface area contributed by atoms with Gasteiger partial charge in [-0.15, -0.1) is 0 Å². The maximum Gasteiger partial charge on any atom is 0.335 e. The monoisotopic (exact) mass is 637 g/mol. The molecule has 6 bridgehead atoms. The van der Waals surface area contributed by atoms with Crippen molar-refractivity contribution in [3.63, 3.8) is 0 Å². The second-order valence-electron chi connectivity index (χ2n) is 17.1. The molecule has 9 rings (SSSR count). The number of nitrogens with zero attached hydrogens (tertiary/aromatic N) is 1. The summed E-state index contributed by atoms with van der Waals surface area (Å²) in [5.41, 5.74) is 2.62. The Bertz CT molecular complexity index is 1630. The standard InChI is InChI=1S/C40H47NO6/c42-35(41-11-9-26-3-8-34(16-31(26)22-41)47-33-6-4-27(5-7-33)36(43)44)28-12-25-13-29-19-38(18-25,20-30(29)15-28)39-17-24-2-1-10-40(23-39,37(45)46)32(14-24)21-39/h3-8,16,24-25,28-30,32H,1-2,9-15,17-23H2,(H,43,44)(H,45,46). The zero-order valence-electron chi connectivity index (χ0n) is 27.3. The van der Waals surface area contributed by atoms with Gasteiger partial charge in [0, 0.05) is 19.0 Å². The molecule has 9 atom stereocenters. The van der Waals surface area contributed by atoms with Crippen molar-refractivity contribution >= 4 is 17.8 Å². The second-order valence-corrected chi connectivity index (χ2v) is 17.1. The van der Waals surface area contributed by atoms with Crippen molar-refractivity contribution in [3.8, 4) is 11.5 Å². The molecule has 6 fully saturated rings. The number of hydrogen-bond acceptors (Lipinski definition) is 4. The summed E-state index contributed by atoms with van der Waals surface area (Å²) in [5.74, 6) is 3.19. The average Bonchev–Trinajstić information content (AvgIpc) is 3.34. The molecule has 7 heteroatoms. The van der Waals surface area contributed by atoms with E-state index in [0.29, 0.717) is 59.0 Å². The molecule has 2 aromatic carbocycles. The highest BCUT2D eigenvalue weighted by Gasteiger charge is 2.71. The highest BCUT2D eigenvalue weighted by Crippen LogP contribution is 2.78. The number of aromatic carboxylic acids is 1. The van der Waals surface area contributed by atoms with E-state index < -0.39 is 17.4 Å². The molecule has 1 aliphatic heterocycles. The molecule has 6 saturated carbocycles. The zero-order valence-corrected chi connectivity index (χ0v) is 27.3. The maximum atomic E-state index is 14.3. The number of carboxylic acids is 2. The lowest BCUT2D eigenvalue weighted by Crippen LogP contribution is -2.47. The van der Waals surface area contributed by atoms with Crippen LogP contribution in [0.4, 0.5) is 0 Å². The summed E-state index contributed by atoms with van der Waals surface area (Å²) >= 11 is 0. The van der Waals surface area contributed by atoms with Gasteiger partial charge in [-0.1, -0.05) is 18.9 Å². The third-order valence-corrected chi connectivity index (χ3v) is 14.8. The second kappa shape index (κ2) is 10.6. The third-order valence-electron chi connectivity index (χ3n) is 14.8. The number of amides is 1.